The third-order valence-corrected chi connectivity index (χ3v) is 4.25. The molecular weight excluding hydrogens is 122 g/mol. The number of nitrogens with one attached hydrogen (secondary N) is 1. The Balaban J connectivity index is 1.88. The Hall–Kier alpha value is -0.0400. The Kier molecular flexibility index (Phi) is 0.883. The average molecular weight is 137 g/mol. The second kappa shape index (κ2) is 1.58. The van der Waals surface area contributed by atoms with E-state index in [9.17, 15) is 0 Å². The van der Waals surface area contributed by atoms with Gasteiger partial charge in [-0.15, -0.1) is 0 Å². The Morgan fingerprint density at radius 1 is 1.10 bits per heavy atom. The van der Waals surface area contributed by atoms with E-state index in [4.69, 9.17) is 0 Å². The summed E-state index contributed by atoms with van der Waals surface area (Å²) in [6.45, 7) is 1.30. The zero-order valence-electron chi connectivity index (χ0n) is 6.40. The van der Waals surface area contributed by atoms with Crippen LogP contribution in [0.4, 0.5) is 0 Å². The highest BCUT2D eigenvalue weighted by atomic mass is 15.0. The van der Waals surface area contributed by atoms with Crippen LogP contribution in [0, 0.1) is 11.3 Å². The van der Waals surface area contributed by atoms with Gasteiger partial charge in [0.1, 0.15) is 0 Å². The topological polar surface area (TPSA) is 12.0 Å². The van der Waals surface area contributed by atoms with Gasteiger partial charge in [0.05, 0.1) is 0 Å². The molecule has 3 fully saturated rings. The normalized spacial score (nSPS) is 57.6. The largest absolute Gasteiger partial charge is 0.313 e. The molecule has 0 aromatic rings. The van der Waals surface area contributed by atoms with Crippen LogP contribution in [0.25, 0.3) is 0 Å². The zero-order chi connectivity index (χ0) is 6.60. The monoisotopic (exact) mass is 137 g/mol. The fourth-order valence-electron chi connectivity index (χ4n) is 3.34. The summed E-state index contributed by atoms with van der Waals surface area (Å²) in [5.74, 6) is 1.13. The van der Waals surface area contributed by atoms with Crippen molar-refractivity contribution in [2.75, 3.05) is 6.54 Å². The van der Waals surface area contributed by atoms with E-state index in [0.717, 1.165) is 17.4 Å². The minimum absolute atomic E-state index is 0.845. The molecule has 1 N–H and O–H groups in total. The van der Waals surface area contributed by atoms with Crippen LogP contribution >= 0.6 is 0 Å². The van der Waals surface area contributed by atoms with Gasteiger partial charge in [0, 0.05) is 6.04 Å². The number of hydrogen-bond acceptors (Lipinski definition) is 1. The van der Waals surface area contributed by atoms with E-state index in [2.05, 4.69) is 5.32 Å². The molecule has 0 radical (unpaired) electrons. The highest BCUT2D eigenvalue weighted by Gasteiger charge is 2.58. The van der Waals surface area contributed by atoms with Gasteiger partial charge in [-0.3, -0.25) is 0 Å². The first-order valence-electron chi connectivity index (χ1n) is 4.65. The lowest BCUT2D eigenvalue weighted by Gasteiger charge is -2.64. The molecule has 3 atom stereocenters. The van der Waals surface area contributed by atoms with Crippen molar-refractivity contribution in [1.29, 1.82) is 0 Å². The van der Waals surface area contributed by atoms with Crippen LogP contribution in [-0.4, -0.2) is 12.6 Å². The van der Waals surface area contributed by atoms with E-state index in [1.54, 1.807) is 0 Å². The van der Waals surface area contributed by atoms with Crippen LogP contribution in [0.2, 0.25) is 0 Å². The maximum atomic E-state index is 3.64. The Labute approximate surface area is 62.2 Å². The molecule has 0 aromatic heterocycles. The molecule has 1 aliphatic heterocycles. The number of hydrogen-bond donors (Lipinski definition) is 1. The lowest BCUT2D eigenvalue weighted by molar-refractivity contribution is -0.110. The maximum absolute atomic E-state index is 3.64. The third kappa shape index (κ3) is 0.430. The molecule has 10 heavy (non-hydrogen) atoms. The lowest BCUT2D eigenvalue weighted by atomic mass is 9.45. The van der Waals surface area contributed by atoms with Crippen LogP contribution in [-0.2, 0) is 0 Å². The molecule has 1 saturated heterocycles. The molecule has 56 valence electrons. The van der Waals surface area contributed by atoms with E-state index >= 15 is 0 Å². The smallest absolute Gasteiger partial charge is 0.0126 e. The fourth-order valence-corrected chi connectivity index (χ4v) is 3.34. The van der Waals surface area contributed by atoms with Gasteiger partial charge in [-0.1, -0.05) is 0 Å². The van der Waals surface area contributed by atoms with Gasteiger partial charge >= 0.3 is 0 Å². The molecule has 1 nitrogen and oxygen atoms in total. The molecular formula is C9H15N. The van der Waals surface area contributed by atoms with Gasteiger partial charge in [-0.2, -0.15) is 0 Å². The van der Waals surface area contributed by atoms with E-state index in [-0.39, 0.29) is 0 Å². The van der Waals surface area contributed by atoms with E-state index < -0.39 is 0 Å². The standard InChI is InChI=1S/C9H15N/c1-4-9-5-2-8(9)10-6-3-7(1)9/h7-8,10H,1-6H2. The van der Waals surface area contributed by atoms with E-state index in [1.165, 1.54) is 38.6 Å². The first kappa shape index (κ1) is 5.59. The summed E-state index contributed by atoms with van der Waals surface area (Å²) in [6, 6.07) is 0.944. The summed E-state index contributed by atoms with van der Waals surface area (Å²) in [4.78, 5) is 0. The van der Waals surface area contributed by atoms with Crippen molar-refractivity contribution in [3.05, 3.63) is 0 Å². The molecule has 3 aliphatic rings. The third-order valence-electron chi connectivity index (χ3n) is 4.25. The molecule has 0 aromatic carbocycles. The van der Waals surface area contributed by atoms with Crippen LogP contribution in [0.15, 0.2) is 0 Å². The summed E-state index contributed by atoms with van der Waals surface area (Å²) < 4.78 is 0. The molecule has 1 heterocycles. The minimum Gasteiger partial charge on any atom is -0.313 e. The van der Waals surface area contributed by atoms with Crippen molar-refractivity contribution in [2.45, 2.75) is 38.1 Å². The number of piperidine rings is 1. The fraction of sp³-hybridized carbons (Fsp3) is 1.00. The quantitative estimate of drug-likeness (QED) is 0.534. The predicted molar refractivity (Wildman–Crippen MR) is 40.8 cm³/mol. The predicted octanol–water partition coefficient (Wildman–Crippen LogP) is 1.54. The van der Waals surface area contributed by atoms with Gasteiger partial charge in [-0.25, -0.2) is 0 Å². The second-order valence-electron chi connectivity index (χ2n) is 4.30. The summed E-state index contributed by atoms with van der Waals surface area (Å²) in [7, 11) is 0. The van der Waals surface area contributed by atoms with Gasteiger partial charge in [-0.05, 0) is 50.0 Å². The molecule has 1 heteroatoms. The summed E-state index contributed by atoms with van der Waals surface area (Å²) in [6.07, 6.45) is 7.55. The SMILES string of the molecule is C1CC2CCC23CCC3N1. The van der Waals surface area contributed by atoms with Gasteiger partial charge < -0.3 is 5.32 Å². The molecule has 0 amide bonds. The van der Waals surface area contributed by atoms with Gasteiger partial charge in [0.15, 0.2) is 0 Å². The average Bonchev–Trinajstić information content (AvgIpc) is 1.80. The van der Waals surface area contributed by atoms with Crippen molar-refractivity contribution in [1.82, 2.24) is 5.32 Å². The minimum atomic E-state index is 0.845. The summed E-state index contributed by atoms with van der Waals surface area (Å²) >= 11 is 0. The molecule has 0 bridgehead atoms. The highest BCUT2D eigenvalue weighted by molar-refractivity contribution is 5.12. The number of rotatable bonds is 0. The molecule has 2 aliphatic carbocycles. The van der Waals surface area contributed by atoms with Crippen molar-refractivity contribution >= 4 is 0 Å². The zero-order valence-corrected chi connectivity index (χ0v) is 6.40. The Morgan fingerprint density at radius 3 is 2.40 bits per heavy atom. The Morgan fingerprint density at radius 2 is 2.00 bits per heavy atom. The second-order valence-corrected chi connectivity index (χ2v) is 4.30. The molecule has 3 unspecified atom stereocenters. The first-order valence-corrected chi connectivity index (χ1v) is 4.65. The van der Waals surface area contributed by atoms with Crippen molar-refractivity contribution < 1.29 is 0 Å². The van der Waals surface area contributed by atoms with E-state index in [0.29, 0.717) is 0 Å². The van der Waals surface area contributed by atoms with Crippen molar-refractivity contribution in [2.24, 2.45) is 11.3 Å². The van der Waals surface area contributed by atoms with Crippen molar-refractivity contribution in [3.8, 4) is 0 Å². The molecule has 3 rings (SSSR count). The highest BCUT2D eigenvalue weighted by Crippen LogP contribution is 2.62. The Bertz CT molecular complexity index is 146. The van der Waals surface area contributed by atoms with Gasteiger partial charge in [0.2, 0.25) is 0 Å². The lowest BCUT2D eigenvalue weighted by Crippen LogP contribution is -2.65. The molecule has 2 saturated carbocycles. The maximum Gasteiger partial charge on any atom is 0.0126 e. The summed E-state index contributed by atoms with van der Waals surface area (Å²) in [5.41, 5.74) is 0.845. The summed E-state index contributed by atoms with van der Waals surface area (Å²) in [5, 5.41) is 3.64. The van der Waals surface area contributed by atoms with Crippen LogP contribution in [0.3, 0.4) is 0 Å². The van der Waals surface area contributed by atoms with Crippen LogP contribution < -0.4 is 5.32 Å². The molecule has 1 spiro atoms. The van der Waals surface area contributed by atoms with Crippen LogP contribution in [0.1, 0.15) is 32.1 Å². The first-order chi connectivity index (χ1) is 4.92. The van der Waals surface area contributed by atoms with Crippen molar-refractivity contribution in [3.63, 3.8) is 0 Å². The van der Waals surface area contributed by atoms with E-state index in [1.807, 2.05) is 0 Å². The van der Waals surface area contributed by atoms with Crippen LogP contribution in [0.5, 0.6) is 0 Å². The van der Waals surface area contributed by atoms with Gasteiger partial charge in [0.25, 0.3) is 0 Å².